The summed E-state index contributed by atoms with van der Waals surface area (Å²) in [5, 5.41) is 11.3. The van der Waals surface area contributed by atoms with Crippen LogP contribution < -0.4 is 9.64 Å². The topological polar surface area (TPSA) is 119 Å². The number of methoxy groups -OCH3 is 1. The zero-order valence-corrected chi connectivity index (χ0v) is 19.7. The van der Waals surface area contributed by atoms with Gasteiger partial charge in [0.05, 0.1) is 24.4 Å². The average Bonchev–Trinajstić information content (AvgIpc) is 3.39. The molecule has 0 aliphatic carbocycles. The van der Waals surface area contributed by atoms with Gasteiger partial charge in [0.2, 0.25) is 0 Å². The molecule has 0 bridgehead atoms. The molecule has 1 saturated heterocycles. The van der Waals surface area contributed by atoms with Crippen molar-refractivity contribution in [2.24, 2.45) is 0 Å². The molecular formula is C25H21N3O6S. The maximum atomic E-state index is 13.2. The van der Waals surface area contributed by atoms with Crippen molar-refractivity contribution in [3.05, 3.63) is 88.7 Å². The van der Waals surface area contributed by atoms with Crippen LogP contribution >= 0.6 is 11.3 Å². The second-order valence-electron chi connectivity index (χ2n) is 7.49. The number of esters is 1. The van der Waals surface area contributed by atoms with E-state index in [2.05, 4.69) is 16.5 Å². The number of anilines is 1. The third-order valence-corrected chi connectivity index (χ3v) is 6.43. The fourth-order valence-electron chi connectivity index (χ4n) is 3.68. The fourth-order valence-corrected chi connectivity index (χ4v) is 4.67. The largest absolute Gasteiger partial charge is 0.507 e. The first-order valence-corrected chi connectivity index (χ1v) is 11.3. The van der Waals surface area contributed by atoms with Crippen molar-refractivity contribution in [1.29, 1.82) is 0 Å². The number of carbonyl (C=O) groups excluding carboxylic acids is 3. The summed E-state index contributed by atoms with van der Waals surface area (Å²) in [6, 6.07) is 8.85. The number of carbonyl (C=O) groups is 3. The van der Waals surface area contributed by atoms with E-state index < -0.39 is 23.7 Å². The molecular weight excluding hydrogens is 470 g/mol. The second-order valence-corrected chi connectivity index (χ2v) is 8.46. The van der Waals surface area contributed by atoms with Crippen molar-refractivity contribution >= 4 is 39.9 Å². The highest BCUT2D eigenvalue weighted by atomic mass is 32.1. The summed E-state index contributed by atoms with van der Waals surface area (Å²) < 4.78 is 10.3. The lowest BCUT2D eigenvalue weighted by Gasteiger charge is -2.22. The van der Waals surface area contributed by atoms with Crippen LogP contribution in [0.15, 0.2) is 67.0 Å². The summed E-state index contributed by atoms with van der Waals surface area (Å²) in [5.74, 6) is -2.28. The zero-order chi connectivity index (χ0) is 25.1. The molecule has 1 fully saturated rings. The van der Waals surface area contributed by atoms with Crippen LogP contribution in [0.1, 0.15) is 32.5 Å². The molecule has 0 radical (unpaired) electrons. The Morgan fingerprint density at radius 3 is 2.77 bits per heavy atom. The standard InChI is InChI=1S/C25H21N3O6S/c1-4-11-34-24(32)22-14(2)27-25(35-22)28-19(16-8-6-10-26-13-16)18(21(30)23(28)31)20(29)15-7-5-9-17(12-15)33-3/h4-10,12-13,19,29H,1,11H2,2-3H3. The lowest BCUT2D eigenvalue weighted by molar-refractivity contribution is -0.132. The monoisotopic (exact) mass is 491 g/mol. The van der Waals surface area contributed by atoms with Crippen molar-refractivity contribution < 1.29 is 29.0 Å². The first kappa shape index (κ1) is 23.8. The molecule has 10 heteroatoms. The number of amides is 1. The molecule has 1 aromatic carbocycles. The number of benzene rings is 1. The van der Waals surface area contributed by atoms with Gasteiger partial charge in [-0.25, -0.2) is 9.78 Å². The number of aliphatic hydroxyl groups excluding tert-OH is 1. The van der Waals surface area contributed by atoms with Gasteiger partial charge in [-0.1, -0.05) is 42.2 Å². The van der Waals surface area contributed by atoms with E-state index in [0.29, 0.717) is 22.6 Å². The smallest absolute Gasteiger partial charge is 0.350 e. The predicted octanol–water partition coefficient (Wildman–Crippen LogP) is 3.82. The quantitative estimate of drug-likeness (QED) is 0.174. The minimum Gasteiger partial charge on any atom is -0.507 e. The van der Waals surface area contributed by atoms with Crippen LogP contribution in [0.2, 0.25) is 0 Å². The molecule has 35 heavy (non-hydrogen) atoms. The number of ether oxygens (including phenoxy) is 2. The number of Topliss-reactive ketones (excluding diaryl/α,β-unsaturated/α-hetero) is 1. The van der Waals surface area contributed by atoms with Gasteiger partial charge in [-0.3, -0.25) is 19.5 Å². The minimum atomic E-state index is -1.02. The van der Waals surface area contributed by atoms with Gasteiger partial charge in [-0.2, -0.15) is 0 Å². The van der Waals surface area contributed by atoms with E-state index in [1.807, 2.05) is 0 Å². The van der Waals surface area contributed by atoms with Crippen LogP contribution in [0.5, 0.6) is 5.75 Å². The Balaban J connectivity index is 1.87. The van der Waals surface area contributed by atoms with Gasteiger partial charge >= 0.3 is 11.9 Å². The predicted molar refractivity (Wildman–Crippen MR) is 129 cm³/mol. The van der Waals surface area contributed by atoms with Gasteiger partial charge in [0, 0.05) is 18.0 Å². The number of thiazole rings is 1. The van der Waals surface area contributed by atoms with E-state index in [4.69, 9.17) is 9.47 Å². The summed E-state index contributed by atoms with van der Waals surface area (Å²) in [6.07, 6.45) is 4.50. The molecule has 0 spiro atoms. The Labute approximate surface area is 205 Å². The SMILES string of the molecule is C=CCOC(=O)c1sc(N2C(=O)C(=O)C(=C(O)c3cccc(OC)c3)C2c2cccnc2)nc1C. The number of aryl methyl sites for hydroxylation is 1. The summed E-state index contributed by atoms with van der Waals surface area (Å²) in [7, 11) is 1.48. The Kier molecular flexibility index (Phi) is 6.74. The van der Waals surface area contributed by atoms with Gasteiger partial charge in [0.1, 0.15) is 23.0 Å². The Morgan fingerprint density at radius 2 is 2.09 bits per heavy atom. The molecule has 9 nitrogen and oxygen atoms in total. The summed E-state index contributed by atoms with van der Waals surface area (Å²) >= 11 is 0.923. The second kappa shape index (κ2) is 9.90. The fraction of sp³-hybridized carbons (Fsp3) is 0.160. The molecule has 1 N–H and O–H groups in total. The lowest BCUT2D eigenvalue weighted by atomic mass is 9.96. The van der Waals surface area contributed by atoms with Crippen LogP contribution in [0.3, 0.4) is 0 Å². The third-order valence-electron chi connectivity index (χ3n) is 5.30. The van der Waals surface area contributed by atoms with Gasteiger partial charge in [-0.15, -0.1) is 0 Å². The van der Waals surface area contributed by atoms with Crippen LogP contribution in [-0.4, -0.2) is 46.5 Å². The van der Waals surface area contributed by atoms with Gasteiger partial charge in [0.15, 0.2) is 5.13 Å². The number of ketones is 1. The van der Waals surface area contributed by atoms with E-state index in [9.17, 15) is 19.5 Å². The molecule has 2 aromatic heterocycles. The van der Waals surface area contributed by atoms with Gasteiger partial charge < -0.3 is 14.6 Å². The van der Waals surface area contributed by atoms with Gasteiger partial charge in [-0.05, 0) is 30.7 Å². The molecule has 178 valence electrons. The maximum absolute atomic E-state index is 13.2. The summed E-state index contributed by atoms with van der Waals surface area (Å²) in [5.41, 5.74) is 1.01. The van der Waals surface area contributed by atoms with Crippen molar-refractivity contribution in [3.63, 3.8) is 0 Å². The number of nitrogens with zero attached hydrogens (tertiary/aromatic N) is 3. The van der Waals surface area contributed by atoms with E-state index in [-0.39, 0.29) is 27.9 Å². The first-order chi connectivity index (χ1) is 16.9. The van der Waals surface area contributed by atoms with Crippen molar-refractivity contribution in [2.45, 2.75) is 13.0 Å². The number of rotatable bonds is 7. The highest BCUT2D eigenvalue weighted by Crippen LogP contribution is 2.43. The summed E-state index contributed by atoms with van der Waals surface area (Å²) in [6.45, 7) is 5.14. The van der Waals surface area contributed by atoms with E-state index >= 15 is 0 Å². The Hall–Kier alpha value is -4.31. The van der Waals surface area contributed by atoms with E-state index in [1.54, 1.807) is 49.5 Å². The highest BCUT2D eigenvalue weighted by Gasteiger charge is 2.48. The maximum Gasteiger partial charge on any atom is 0.350 e. The molecule has 0 saturated carbocycles. The minimum absolute atomic E-state index is 0.0201. The van der Waals surface area contributed by atoms with Gasteiger partial charge in [0.25, 0.3) is 5.78 Å². The zero-order valence-electron chi connectivity index (χ0n) is 18.9. The van der Waals surface area contributed by atoms with Crippen LogP contribution in [0, 0.1) is 6.92 Å². The normalized spacial score (nSPS) is 16.9. The molecule has 4 rings (SSSR count). The van der Waals surface area contributed by atoms with Crippen LogP contribution in [0.25, 0.3) is 5.76 Å². The number of aromatic nitrogens is 2. The molecule has 3 heterocycles. The molecule has 3 aromatic rings. The number of aliphatic hydroxyl groups is 1. The Bertz CT molecular complexity index is 1350. The first-order valence-electron chi connectivity index (χ1n) is 10.5. The van der Waals surface area contributed by atoms with E-state index in [0.717, 1.165) is 11.3 Å². The van der Waals surface area contributed by atoms with Crippen molar-refractivity contribution in [1.82, 2.24) is 9.97 Å². The summed E-state index contributed by atoms with van der Waals surface area (Å²) in [4.78, 5) is 48.8. The van der Waals surface area contributed by atoms with E-state index in [1.165, 1.54) is 24.3 Å². The Morgan fingerprint density at radius 1 is 1.29 bits per heavy atom. The molecule has 1 unspecified atom stereocenters. The highest BCUT2D eigenvalue weighted by molar-refractivity contribution is 7.17. The van der Waals surface area contributed by atoms with Crippen molar-refractivity contribution in [3.8, 4) is 5.75 Å². The van der Waals surface area contributed by atoms with Crippen LogP contribution in [-0.2, 0) is 14.3 Å². The lowest BCUT2D eigenvalue weighted by Crippen LogP contribution is -2.29. The molecule has 1 atom stereocenters. The molecule has 1 aliphatic rings. The molecule has 1 aliphatic heterocycles. The number of hydrogen-bond acceptors (Lipinski definition) is 9. The average molecular weight is 492 g/mol. The van der Waals surface area contributed by atoms with Crippen molar-refractivity contribution in [2.75, 3.05) is 18.6 Å². The number of hydrogen-bond donors (Lipinski definition) is 1. The van der Waals surface area contributed by atoms with Crippen LogP contribution in [0.4, 0.5) is 5.13 Å². The molecule has 1 amide bonds. The number of pyridine rings is 1. The third kappa shape index (κ3) is 4.43.